The maximum Gasteiger partial charge on any atom is 0.216 e. The van der Waals surface area contributed by atoms with Crippen molar-refractivity contribution in [3.8, 4) is 5.75 Å². The molecule has 0 aliphatic heterocycles. The number of ether oxygens (including phenoxy) is 1. The van der Waals surface area contributed by atoms with Gasteiger partial charge in [-0.25, -0.2) is 5.84 Å². The van der Waals surface area contributed by atoms with Crippen molar-refractivity contribution in [1.29, 1.82) is 0 Å². The van der Waals surface area contributed by atoms with Crippen molar-refractivity contribution < 1.29 is 4.74 Å². The minimum atomic E-state index is 0.412. The molecule has 0 saturated heterocycles. The van der Waals surface area contributed by atoms with Crippen LogP contribution in [-0.2, 0) is 6.54 Å². The Hall–Kier alpha value is -2.34. The maximum atomic E-state index is 5.38. The van der Waals surface area contributed by atoms with E-state index in [2.05, 4.69) is 27.3 Å². The first-order valence-electron chi connectivity index (χ1n) is 6.58. The Morgan fingerprint density at radius 2 is 2.10 bits per heavy atom. The summed E-state index contributed by atoms with van der Waals surface area (Å²) in [6, 6.07) is 5.97. The number of rotatable bonds is 4. The number of nitrogens with one attached hydrogen (secondary N) is 2. The van der Waals surface area contributed by atoms with Gasteiger partial charge in [0, 0.05) is 5.70 Å². The monoisotopic (exact) mass is 289 g/mol. The molecule has 0 amide bonds. The van der Waals surface area contributed by atoms with Crippen molar-refractivity contribution in [2.24, 2.45) is 15.8 Å². The summed E-state index contributed by atoms with van der Waals surface area (Å²) in [6.45, 7) is 9.91. The zero-order chi connectivity index (χ0) is 15.8. The molecule has 1 aromatic carbocycles. The first-order chi connectivity index (χ1) is 9.96. The lowest BCUT2D eigenvalue weighted by Gasteiger charge is -2.08. The summed E-state index contributed by atoms with van der Waals surface area (Å²) in [4.78, 5) is 8.65. The Morgan fingerprint density at radius 1 is 1.38 bits per heavy atom. The van der Waals surface area contributed by atoms with Gasteiger partial charge < -0.3 is 10.1 Å². The third-order valence-electron chi connectivity index (χ3n) is 2.69. The summed E-state index contributed by atoms with van der Waals surface area (Å²) in [6.07, 6.45) is 0. The van der Waals surface area contributed by atoms with Gasteiger partial charge in [0.25, 0.3) is 0 Å². The SMILES string of the molecule is C=C(C)NC(=NC(C)=NCc1ccc(OC)c(C)c1)NN. The van der Waals surface area contributed by atoms with Crippen molar-refractivity contribution in [3.05, 3.63) is 41.6 Å². The van der Waals surface area contributed by atoms with E-state index < -0.39 is 0 Å². The quantitative estimate of drug-likeness (QED) is 0.342. The molecule has 1 rings (SSSR count). The molecule has 0 bridgehead atoms. The number of nitrogens with two attached hydrogens (primary N) is 1. The molecule has 0 spiro atoms. The van der Waals surface area contributed by atoms with Crippen molar-refractivity contribution in [3.63, 3.8) is 0 Å². The number of hydrogen-bond donors (Lipinski definition) is 3. The molecular formula is C15H23N5O. The topological polar surface area (TPSA) is 84.0 Å². The summed E-state index contributed by atoms with van der Waals surface area (Å²) in [5.41, 5.74) is 5.39. The molecule has 114 valence electrons. The number of nitrogens with zero attached hydrogens (tertiary/aromatic N) is 2. The van der Waals surface area contributed by atoms with Crippen molar-refractivity contribution in [2.75, 3.05) is 7.11 Å². The molecule has 0 atom stereocenters. The number of hydrogen-bond acceptors (Lipinski definition) is 3. The molecule has 4 N–H and O–H groups in total. The molecule has 6 heteroatoms. The molecule has 0 radical (unpaired) electrons. The van der Waals surface area contributed by atoms with E-state index >= 15 is 0 Å². The molecular weight excluding hydrogens is 266 g/mol. The van der Waals surface area contributed by atoms with Crippen molar-refractivity contribution in [2.45, 2.75) is 27.3 Å². The highest BCUT2D eigenvalue weighted by molar-refractivity contribution is 5.95. The summed E-state index contributed by atoms with van der Waals surface area (Å²) < 4.78 is 5.23. The van der Waals surface area contributed by atoms with Crippen LogP contribution < -0.4 is 21.3 Å². The number of amidine groups is 1. The fourth-order valence-electron chi connectivity index (χ4n) is 1.74. The maximum absolute atomic E-state index is 5.38. The van der Waals surface area contributed by atoms with Gasteiger partial charge in [-0.15, -0.1) is 0 Å². The van der Waals surface area contributed by atoms with Crippen LogP contribution in [0.1, 0.15) is 25.0 Å². The van der Waals surface area contributed by atoms with Crippen molar-refractivity contribution >= 4 is 11.8 Å². The highest BCUT2D eigenvalue weighted by Gasteiger charge is 2.00. The Labute approximate surface area is 125 Å². The minimum absolute atomic E-state index is 0.412. The van der Waals surface area contributed by atoms with Gasteiger partial charge in [-0.1, -0.05) is 18.7 Å². The number of allylic oxidation sites excluding steroid dienone is 1. The van der Waals surface area contributed by atoms with E-state index in [1.165, 1.54) is 0 Å². The molecule has 0 aliphatic carbocycles. The predicted molar refractivity (Wildman–Crippen MR) is 87.3 cm³/mol. The van der Waals surface area contributed by atoms with Gasteiger partial charge in [0.1, 0.15) is 11.6 Å². The van der Waals surface area contributed by atoms with Crippen LogP contribution in [0.25, 0.3) is 0 Å². The smallest absolute Gasteiger partial charge is 0.216 e. The second-order valence-electron chi connectivity index (χ2n) is 4.68. The van der Waals surface area contributed by atoms with E-state index in [0.29, 0.717) is 18.3 Å². The summed E-state index contributed by atoms with van der Waals surface area (Å²) >= 11 is 0. The van der Waals surface area contributed by atoms with Gasteiger partial charge in [0.05, 0.1) is 13.7 Å². The van der Waals surface area contributed by atoms with Crippen LogP contribution >= 0.6 is 0 Å². The Bertz CT molecular complexity index is 563. The number of benzene rings is 1. The van der Waals surface area contributed by atoms with E-state index in [1.54, 1.807) is 7.11 Å². The van der Waals surface area contributed by atoms with E-state index in [1.807, 2.05) is 39.0 Å². The lowest BCUT2D eigenvalue weighted by Crippen LogP contribution is -2.40. The fourth-order valence-corrected chi connectivity index (χ4v) is 1.74. The van der Waals surface area contributed by atoms with Crippen LogP contribution in [0, 0.1) is 6.92 Å². The van der Waals surface area contributed by atoms with Gasteiger partial charge in [-0.2, -0.15) is 4.99 Å². The average Bonchev–Trinajstić information content (AvgIpc) is 2.44. The van der Waals surface area contributed by atoms with Gasteiger partial charge in [-0.3, -0.25) is 10.4 Å². The minimum Gasteiger partial charge on any atom is -0.496 e. The summed E-state index contributed by atoms with van der Waals surface area (Å²) in [5, 5.41) is 2.90. The molecule has 6 nitrogen and oxygen atoms in total. The van der Waals surface area contributed by atoms with E-state index in [4.69, 9.17) is 10.6 Å². The summed E-state index contributed by atoms with van der Waals surface area (Å²) in [7, 11) is 1.66. The van der Waals surface area contributed by atoms with Crippen LogP contribution in [0.4, 0.5) is 0 Å². The normalized spacial score (nSPS) is 12.0. The molecule has 21 heavy (non-hydrogen) atoms. The standard InChI is InChI=1S/C15H23N5O/c1-10(2)18-15(20-16)19-12(4)17-9-13-6-7-14(21-5)11(3)8-13/h6-8H,1,9,16H2,2-5H3,(H2,17,18,19,20). The van der Waals surface area contributed by atoms with E-state index in [9.17, 15) is 0 Å². The number of methoxy groups -OCH3 is 1. The highest BCUT2D eigenvalue weighted by atomic mass is 16.5. The van der Waals surface area contributed by atoms with E-state index in [0.717, 1.165) is 22.6 Å². The van der Waals surface area contributed by atoms with Crippen LogP contribution in [-0.4, -0.2) is 18.9 Å². The molecule has 0 heterocycles. The third-order valence-corrected chi connectivity index (χ3v) is 2.69. The molecule has 0 unspecified atom stereocenters. The Morgan fingerprint density at radius 3 is 2.62 bits per heavy atom. The largest absolute Gasteiger partial charge is 0.496 e. The highest BCUT2D eigenvalue weighted by Crippen LogP contribution is 2.18. The first-order valence-corrected chi connectivity index (χ1v) is 6.58. The van der Waals surface area contributed by atoms with Crippen LogP contribution in [0.15, 0.2) is 40.5 Å². The molecule has 0 aliphatic rings. The summed E-state index contributed by atoms with van der Waals surface area (Å²) in [5.74, 6) is 7.28. The van der Waals surface area contributed by atoms with Crippen molar-refractivity contribution in [1.82, 2.24) is 10.7 Å². The molecule has 1 aromatic rings. The molecule has 0 saturated carbocycles. The van der Waals surface area contributed by atoms with Gasteiger partial charge >= 0.3 is 0 Å². The average molecular weight is 289 g/mol. The third kappa shape index (κ3) is 5.66. The number of guanidine groups is 1. The van der Waals surface area contributed by atoms with Gasteiger partial charge in [0.15, 0.2) is 0 Å². The lowest BCUT2D eigenvalue weighted by atomic mass is 10.1. The lowest BCUT2D eigenvalue weighted by molar-refractivity contribution is 0.411. The van der Waals surface area contributed by atoms with Crippen LogP contribution in [0.3, 0.4) is 0 Å². The Kier molecular flexibility index (Phi) is 6.42. The number of aryl methyl sites for hydroxylation is 1. The van der Waals surface area contributed by atoms with Gasteiger partial charge in [-0.05, 0) is 38.0 Å². The van der Waals surface area contributed by atoms with E-state index in [-0.39, 0.29) is 0 Å². The number of hydrazine groups is 1. The molecule has 0 aromatic heterocycles. The first kappa shape index (κ1) is 16.7. The fraction of sp³-hybridized carbons (Fsp3) is 0.333. The van der Waals surface area contributed by atoms with Crippen LogP contribution in [0.5, 0.6) is 5.75 Å². The second-order valence-corrected chi connectivity index (χ2v) is 4.68. The Balaban J connectivity index is 2.77. The zero-order valence-electron chi connectivity index (χ0n) is 13.0. The number of aliphatic imine (C=N–C) groups is 2. The van der Waals surface area contributed by atoms with Crippen LogP contribution in [0.2, 0.25) is 0 Å². The second kappa shape index (κ2) is 8.06. The van der Waals surface area contributed by atoms with Gasteiger partial charge in [0.2, 0.25) is 5.96 Å². The molecule has 0 fully saturated rings. The zero-order valence-corrected chi connectivity index (χ0v) is 13.0. The predicted octanol–water partition coefficient (Wildman–Crippen LogP) is 1.86.